The second-order valence-electron chi connectivity index (χ2n) is 5.74. The van der Waals surface area contributed by atoms with E-state index in [-0.39, 0.29) is 18.9 Å². The van der Waals surface area contributed by atoms with Crippen molar-refractivity contribution < 1.29 is 28.9 Å². The monoisotopic (exact) mass is 373 g/mol. The molecule has 0 heterocycles. The smallest absolute Gasteiger partial charge is 0.416 e. The van der Waals surface area contributed by atoms with Crippen molar-refractivity contribution in [3.8, 4) is 17.2 Å². The lowest BCUT2D eigenvalue weighted by Crippen LogP contribution is -2.40. The summed E-state index contributed by atoms with van der Waals surface area (Å²) in [5.74, 6) is 0.543. The van der Waals surface area contributed by atoms with Crippen LogP contribution in [0.2, 0.25) is 0 Å². The van der Waals surface area contributed by atoms with Crippen molar-refractivity contribution >= 4 is 12.1 Å². The predicted octanol–water partition coefficient (Wildman–Crippen LogP) is 3.53. The van der Waals surface area contributed by atoms with E-state index >= 15 is 0 Å². The number of methoxy groups -OCH3 is 1. The van der Waals surface area contributed by atoms with Crippen LogP contribution < -0.4 is 9.47 Å². The number of rotatable bonds is 7. The molecule has 0 aliphatic rings. The Morgan fingerprint density at radius 2 is 1.63 bits per heavy atom. The van der Waals surface area contributed by atoms with Gasteiger partial charge in [0.05, 0.1) is 19.8 Å². The summed E-state index contributed by atoms with van der Waals surface area (Å²) in [5.41, 5.74) is 0.740. The maximum atomic E-state index is 12.7. The molecular formula is C20H23NO6. The molecule has 2 aromatic rings. The number of ether oxygens (including phenoxy) is 3. The van der Waals surface area contributed by atoms with Crippen LogP contribution in [0.4, 0.5) is 4.79 Å². The Bertz CT molecular complexity index is 757. The number of benzene rings is 2. The fourth-order valence-corrected chi connectivity index (χ4v) is 2.44. The van der Waals surface area contributed by atoms with E-state index in [1.54, 1.807) is 57.4 Å². The molecule has 0 radical (unpaired) electrons. The highest BCUT2D eigenvalue weighted by Gasteiger charge is 2.26. The Labute approximate surface area is 158 Å². The standard InChI is InChI=1S/C20H23NO6/c1-4-26-19(23)13-21(14(2)15-5-7-16(22)8-6-15)20(24)27-18-11-9-17(25-3)10-12-18/h5-12,14,22H,4,13H2,1-3H3. The molecule has 0 aromatic heterocycles. The number of phenols is 1. The molecule has 0 bridgehead atoms. The van der Waals surface area contributed by atoms with Gasteiger partial charge in [-0.3, -0.25) is 9.69 Å². The van der Waals surface area contributed by atoms with Crippen LogP contribution >= 0.6 is 0 Å². The average Bonchev–Trinajstić information content (AvgIpc) is 2.67. The number of amides is 1. The second-order valence-corrected chi connectivity index (χ2v) is 5.74. The van der Waals surface area contributed by atoms with Gasteiger partial charge in [0.25, 0.3) is 0 Å². The Kier molecular flexibility index (Phi) is 7.05. The summed E-state index contributed by atoms with van der Waals surface area (Å²) < 4.78 is 15.4. The first-order chi connectivity index (χ1) is 12.9. The number of carbonyl (C=O) groups is 2. The molecule has 0 aliphatic heterocycles. The topological polar surface area (TPSA) is 85.3 Å². The number of esters is 1. The zero-order valence-corrected chi connectivity index (χ0v) is 15.5. The third-order valence-corrected chi connectivity index (χ3v) is 3.95. The van der Waals surface area contributed by atoms with Crippen LogP contribution in [0.3, 0.4) is 0 Å². The van der Waals surface area contributed by atoms with Gasteiger partial charge in [-0.15, -0.1) is 0 Å². The molecule has 0 fully saturated rings. The molecule has 2 rings (SSSR count). The summed E-state index contributed by atoms with van der Waals surface area (Å²) >= 11 is 0. The third-order valence-electron chi connectivity index (χ3n) is 3.95. The Morgan fingerprint density at radius 1 is 1.04 bits per heavy atom. The van der Waals surface area contributed by atoms with Gasteiger partial charge in [-0.05, 0) is 55.8 Å². The van der Waals surface area contributed by atoms with E-state index in [2.05, 4.69) is 0 Å². The summed E-state index contributed by atoms with van der Waals surface area (Å²) in [6, 6.07) is 12.5. The van der Waals surface area contributed by atoms with Crippen molar-refractivity contribution in [3.05, 3.63) is 54.1 Å². The van der Waals surface area contributed by atoms with E-state index < -0.39 is 18.1 Å². The highest BCUT2D eigenvalue weighted by molar-refractivity contribution is 5.79. The zero-order valence-electron chi connectivity index (χ0n) is 15.5. The molecule has 7 heteroatoms. The number of hydrogen-bond donors (Lipinski definition) is 1. The molecule has 1 unspecified atom stereocenters. The molecule has 7 nitrogen and oxygen atoms in total. The summed E-state index contributed by atoms with van der Waals surface area (Å²) in [7, 11) is 1.54. The highest BCUT2D eigenvalue weighted by Crippen LogP contribution is 2.24. The molecule has 0 saturated heterocycles. The predicted molar refractivity (Wildman–Crippen MR) is 98.9 cm³/mol. The van der Waals surface area contributed by atoms with Gasteiger partial charge in [0.15, 0.2) is 0 Å². The minimum atomic E-state index is -0.686. The molecule has 1 atom stereocenters. The van der Waals surface area contributed by atoms with Gasteiger partial charge in [0, 0.05) is 0 Å². The van der Waals surface area contributed by atoms with E-state index in [4.69, 9.17) is 14.2 Å². The van der Waals surface area contributed by atoms with Gasteiger partial charge in [0.1, 0.15) is 23.8 Å². The van der Waals surface area contributed by atoms with Crippen LogP contribution in [0.1, 0.15) is 25.5 Å². The van der Waals surface area contributed by atoms with Crippen molar-refractivity contribution in [3.63, 3.8) is 0 Å². The number of carbonyl (C=O) groups excluding carboxylic acids is 2. The molecule has 0 aliphatic carbocycles. The van der Waals surface area contributed by atoms with E-state index in [0.29, 0.717) is 11.5 Å². The first-order valence-electron chi connectivity index (χ1n) is 8.51. The number of hydrogen-bond acceptors (Lipinski definition) is 6. The lowest BCUT2D eigenvalue weighted by molar-refractivity contribution is -0.144. The van der Waals surface area contributed by atoms with Crippen molar-refractivity contribution in [2.24, 2.45) is 0 Å². The minimum absolute atomic E-state index is 0.115. The fourth-order valence-electron chi connectivity index (χ4n) is 2.44. The number of nitrogens with zero attached hydrogens (tertiary/aromatic N) is 1. The molecule has 1 N–H and O–H groups in total. The van der Waals surface area contributed by atoms with E-state index in [0.717, 1.165) is 5.56 Å². The van der Waals surface area contributed by atoms with Crippen LogP contribution in [0.5, 0.6) is 17.2 Å². The van der Waals surface area contributed by atoms with Crippen molar-refractivity contribution in [2.75, 3.05) is 20.3 Å². The first kappa shape index (κ1) is 20.1. The summed E-state index contributed by atoms with van der Waals surface area (Å²) in [4.78, 5) is 25.9. The van der Waals surface area contributed by atoms with Crippen LogP contribution in [0, 0.1) is 0 Å². The third kappa shape index (κ3) is 5.64. The Hall–Kier alpha value is -3.22. The first-order valence-corrected chi connectivity index (χ1v) is 8.51. The quantitative estimate of drug-likeness (QED) is 0.748. The van der Waals surface area contributed by atoms with Crippen LogP contribution in [-0.2, 0) is 9.53 Å². The van der Waals surface area contributed by atoms with Gasteiger partial charge in [-0.2, -0.15) is 0 Å². The maximum absolute atomic E-state index is 12.7. The summed E-state index contributed by atoms with van der Waals surface area (Å²) in [5, 5.41) is 9.45. The van der Waals surface area contributed by atoms with Crippen LogP contribution in [0.15, 0.2) is 48.5 Å². The van der Waals surface area contributed by atoms with Crippen molar-refractivity contribution in [2.45, 2.75) is 19.9 Å². The Morgan fingerprint density at radius 3 is 2.19 bits per heavy atom. The van der Waals surface area contributed by atoms with Gasteiger partial charge >= 0.3 is 12.1 Å². The van der Waals surface area contributed by atoms with E-state index in [1.807, 2.05) is 0 Å². The van der Waals surface area contributed by atoms with Crippen LogP contribution in [0.25, 0.3) is 0 Å². The SMILES string of the molecule is CCOC(=O)CN(C(=O)Oc1ccc(OC)cc1)C(C)c1ccc(O)cc1. The van der Waals surface area contributed by atoms with Gasteiger partial charge in [-0.1, -0.05) is 12.1 Å². The number of aromatic hydroxyl groups is 1. The fraction of sp³-hybridized carbons (Fsp3) is 0.300. The second kappa shape index (κ2) is 9.47. The molecular weight excluding hydrogens is 350 g/mol. The summed E-state index contributed by atoms with van der Waals surface area (Å²) in [6.07, 6.45) is -0.686. The average molecular weight is 373 g/mol. The van der Waals surface area contributed by atoms with Gasteiger partial charge in [0.2, 0.25) is 0 Å². The van der Waals surface area contributed by atoms with Crippen molar-refractivity contribution in [1.29, 1.82) is 0 Å². The summed E-state index contributed by atoms with van der Waals surface area (Å²) in [6.45, 7) is 3.42. The zero-order chi connectivity index (χ0) is 19.8. The van der Waals surface area contributed by atoms with Crippen LogP contribution in [-0.4, -0.2) is 42.3 Å². The number of phenolic OH excluding ortho intramolecular Hbond substituents is 1. The highest BCUT2D eigenvalue weighted by atomic mass is 16.6. The lowest BCUT2D eigenvalue weighted by Gasteiger charge is -2.28. The normalized spacial score (nSPS) is 11.4. The lowest BCUT2D eigenvalue weighted by atomic mass is 10.1. The van der Waals surface area contributed by atoms with Gasteiger partial charge < -0.3 is 19.3 Å². The minimum Gasteiger partial charge on any atom is -0.508 e. The largest absolute Gasteiger partial charge is 0.508 e. The van der Waals surface area contributed by atoms with Crippen molar-refractivity contribution in [1.82, 2.24) is 4.90 Å². The Balaban J connectivity index is 2.19. The molecule has 144 valence electrons. The van der Waals surface area contributed by atoms with Gasteiger partial charge in [-0.25, -0.2) is 4.79 Å². The molecule has 0 saturated carbocycles. The van der Waals surface area contributed by atoms with E-state index in [9.17, 15) is 14.7 Å². The molecule has 1 amide bonds. The molecule has 0 spiro atoms. The molecule has 27 heavy (non-hydrogen) atoms. The van der Waals surface area contributed by atoms with E-state index in [1.165, 1.54) is 17.0 Å². The molecule has 2 aromatic carbocycles. The maximum Gasteiger partial charge on any atom is 0.416 e.